The summed E-state index contributed by atoms with van der Waals surface area (Å²) >= 11 is 0. The van der Waals surface area contributed by atoms with Gasteiger partial charge in [-0.3, -0.25) is 0 Å². The van der Waals surface area contributed by atoms with Crippen LogP contribution in [0.5, 0.6) is 0 Å². The molecule has 0 spiro atoms. The van der Waals surface area contributed by atoms with Gasteiger partial charge in [0.1, 0.15) is 0 Å². The van der Waals surface area contributed by atoms with Gasteiger partial charge in [-0.05, 0) is 49.9 Å². The van der Waals surface area contributed by atoms with Crippen molar-refractivity contribution in [2.45, 2.75) is 31.7 Å². The van der Waals surface area contributed by atoms with Gasteiger partial charge >= 0.3 is 0 Å². The zero-order chi connectivity index (χ0) is 11.6. The number of benzene rings is 1. The molecule has 1 aliphatic rings. The summed E-state index contributed by atoms with van der Waals surface area (Å²) in [7, 11) is 0. The van der Waals surface area contributed by atoms with Gasteiger partial charge in [0, 0.05) is 17.8 Å². The van der Waals surface area contributed by atoms with Crippen LogP contribution >= 0.6 is 0 Å². The molecule has 0 amide bonds. The van der Waals surface area contributed by atoms with E-state index in [0.717, 1.165) is 36.2 Å². The van der Waals surface area contributed by atoms with Crippen molar-refractivity contribution in [1.82, 2.24) is 0 Å². The molecule has 1 saturated carbocycles. The molecular weight excluding hydrogens is 198 g/mol. The zero-order valence-electron chi connectivity index (χ0n) is 9.59. The second kappa shape index (κ2) is 4.15. The highest BCUT2D eigenvalue weighted by Gasteiger charge is 2.31. The normalized spacial score (nSPS) is 17.3. The van der Waals surface area contributed by atoms with Crippen LogP contribution in [0.3, 0.4) is 0 Å². The first kappa shape index (κ1) is 11.0. The molecular formula is C13H17N3. The summed E-state index contributed by atoms with van der Waals surface area (Å²) < 4.78 is 0. The van der Waals surface area contributed by atoms with Crippen molar-refractivity contribution in [3.63, 3.8) is 0 Å². The smallest absolute Gasteiger partial charge is 0.0994 e. The Morgan fingerprint density at radius 1 is 1.50 bits per heavy atom. The summed E-state index contributed by atoms with van der Waals surface area (Å²) in [5.41, 5.74) is 8.91. The summed E-state index contributed by atoms with van der Waals surface area (Å²) in [4.78, 5) is 0. The van der Waals surface area contributed by atoms with E-state index in [2.05, 4.69) is 11.4 Å². The molecule has 0 heterocycles. The Bertz CT molecular complexity index is 427. The van der Waals surface area contributed by atoms with Crippen LogP contribution in [-0.4, -0.2) is 12.1 Å². The fourth-order valence-corrected chi connectivity index (χ4v) is 1.98. The molecule has 0 aliphatic heterocycles. The number of nitriles is 1. The molecule has 0 atom stereocenters. The van der Waals surface area contributed by atoms with Crippen LogP contribution in [0.25, 0.3) is 0 Å². The highest BCUT2D eigenvalue weighted by atomic mass is 14.9. The number of anilines is 1. The van der Waals surface area contributed by atoms with Crippen LogP contribution < -0.4 is 11.1 Å². The molecule has 0 saturated heterocycles. The minimum atomic E-state index is -0.0121. The van der Waals surface area contributed by atoms with E-state index in [9.17, 15) is 0 Å². The predicted octanol–water partition coefficient (Wildman–Crippen LogP) is 2.16. The van der Waals surface area contributed by atoms with E-state index in [1.807, 2.05) is 25.1 Å². The van der Waals surface area contributed by atoms with Crippen molar-refractivity contribution in [3.8, 4) is 6.07 Å². The maximum atomic E-state index is 8.83. The van der Waals surface area contributed by atoms with Gasteiger partial charge in [-0.25, -0.2) is 0 Å². The third kappa shape index (κ3) is 2.17. The van der Waals surface area contributed by atoms with Crippen LogP contribution in [0, 0.1) is 18.3 Å². The first-order valence-electron chi connectivity index (χ1n) is 5.66. The van der Waals surface area contributed by atoms with Gasteiger partial charge in [0.2, 0.25) is 0 Å². The van der Waals surface area contributed by atoms with Crippen molar-refractivity contribution in [1.29, 1.82) is 5.26 Å². The Morgan fingerprint density at radius 3 is 2.75 bits per heavy atom. The maximum Gasteiger partial charge on any atom is 0.0994 e. The maximum absolute atomic E-state index is 8.83. The summed E-state index contributed by atoms with van der Waals surface area (Å²) in [5, 5.41) is 12.2. The number of nitrogens with one attached hydrogen (secondary N) is 1. The number of nitrogens with zero attached hydrogens (tertiary/aromatic N) is 1. The van der Waals surface area contributed by atoms with Gasteiger partial charge < -0.3 is 11.1 Å². The molecule has 0 radical (unpaired) electrons. The van der Waals surface area contributed by atoms with Crippen LogP contribution in [-0.2, 0) is 0 Å². The Balaban J connectivity index is 2.00. The first-order valence-corrected chi connectivity index (χ1v) is 5.66. The predicted molar refractivity (Wildman–Crippen MR) is 65.2 cm³/mol. The lowest BCUT2D eigenvalue weighted by Gasteiger charge is -2.38. The fraction of sp³-hybridized carbons (Fsp3) is 0.462. The van der Waals surface area contributed by atoms with Crippen molar-refractivity contribution in [2.24, 2.45) is 5.73 Å². The van der Waals surface area contributed by atoms with Crippen molar-refractivity contribution >= 4 is 5.69 Å². The molecule has 3 nitrogen and oxygen atoms in total. The molecule has 1 aliphatic carbocycles. The lowest BCUT2D eigenvalue weighted by molar-refractivity contribution is 0.265. The number of aryl methyl sites for hydroxylation is 1. The van der Waals surface area contributed by atoms with Crippen LogP contribution in [0.15, 0.2) is 18.2 Å². The quantitative estimate of drug-likeness (QED) is 0.812. The molecule has 84 valence electrons. The number of hydrogen-bond acceptors (Lipinski definition) is 3. The SMILES string of the molecule is Cc1cc(NCC2(N)CCC2)ccc1C#N. The Morgan fingerprint density at radius 2 is 2.25 bits per heavy atom. The van der Waals surface area contributed by atoms with Gasteiger partial charge in [0.15, 0.2) is 0 Å². The third-order valence-electron chi connectivity index (χ3n) is 3.34. The van der Waals surface area contributed by atoms with Crippen molar-refractivity contribution in [3.05, 3.63) is 29.3 Å². The van der Waals surface area contributed by atoms with E-state index >= 15 is 0 Å². The van der Waals surface area contributed by atoms with Gasteiger partial charge in [-0.15, -0.1) is 0 Å². The number of nitrogens with two attached hydrogens (primary N) is 1. The van der Waals surface area contributed by atoms with Crippen LogP contribution in [0.2, 0.25) is 0 Å². The largest absolute Gasteiger partial charge is 0.383 e. The second-order valence-corrected chi connectivity index (χ2v) is 4.71. The highest BCUT2D eigenvalue weighted by molar-refractivity contribution is 5.51. The average molecular weight is 215 g/mol. The fourth-order valence-electron chi connectivity index (χ4n) is 1.98. The van der Waals surface area contributed by atoms with E-state index in [0.29, 0.717) is 0 Å². The van der Waals surface area contributed by atoms with Crippen LogP contribution in [0.4, 0.5) is 5.69 Å². The van der Waals surface area contributed by atoms with E-state index in [1.165, 1.54) is 6.42 Å². The monoisotopic (exact) mass is 215 g/mol. The van der Waals surface area contributed by atoms with E-state index < -0.39 is 0 Å². The Kier molecular flexibility index (Phi) is 2.84. The molecule has 0 bridgehead atoms. The zero-order valence-corrected chi connectivity index (χ0v) is 9.59. The topological polar surface area (TPSA) is 61.8 Å². The summed E-state index contributed by atoms with van der Waals surface area (Å²) in [6, 6.07) is 7.95. The standard InChI is InChI=1S/C13H17N3/c1-10-7-12(4-3-11(10)8-14)16-9-13(15)5-2-6-13/h3-4,7,16H,2,5-6,9,15H2,1H3. The highest BCUT2D eigenvalue weighted by Crippen LogP contribution is 2.29. The minimum Gasteiger partial charge on any atom is -0.383 e. The number of rotatable bonds is 3. The van der Waals surface area contributed by atoms with Gasteiger partial charge in [-0.2, -0.15) is 5.26 Å². The summed E-state index contributed by atoms with van der Waals surface area (Å²) in [6.45, 7) is 2.77. The molecule has 0 aromatic heterocycles. The third-order valence-corrected chi connectivity index (χ3v) is 3.34. The van der Waals surface area contributed by atoms with E-state index in [1.54, 1.807) is 0 Å². The first-order chi connectivity index (χ1) is 7.63. The Labute approximate surface area is 96.3 Å². The van der Waals surface area contributed by atoms with Gasteiger partial charge in [-0.1, -0.05) is 0 Å². The van der Waals surface area contributed by atoms with E-state index in [-0.39, 0.29) is 5.54 Å². The molecule has 1 aromatic rings. The Hall–Kier alpha value is -1.53. The summed E-state index contributed by atoms with van der Waals surface area (Å²) in [5.74, 6) is 0. The minimum absolute atomic E-state index is 0.0121. The van der Waals surface area contributed by atoms with E-state index in [4.69, 9.17) is 11.0 Å². The van der Waals surface area contributed by atoms with Crippen molar-refractivity contribution < 1.29 is 0 Å². The lowest BCUT2D eigenvalue weighted by atomic mass is 9.78. The number of hydrogen-bond donors (Lipinski definition) is 2. The average Bonchev–Trinajstić information content (AvgIpc) is 2.24. The van der Waals surface area contributed by atoms with Crippen LogP contribution in [0.1, 0.15) is 30.4 Å². The molecule has 16 heavy (non-hydrogen) atoms. The molecule has 0 unspecified atom stereocenters. The molecule has 2 rings (SSSR count). The molecule has 1 aromatic carbocycles. The van der Waals surface area contributed by atoms with Gasteiger partial charge in [0.25, 0.3) is 0 Å². The molecule has 3 N–H and O–H groups in total. The molecule has 3 heteroatoms. The summed E-state index contributed by atoms with van der Waals surface area (Å²) in [6.07, 6.45) is 3.45. The molecule has 1 fully saturated rings. The van der Waals surface area contributed by atoms with Gasteiger partial charge in [0.05, 0.1) is 11.6 Å². The second-order valence-electron chi connectivity index (χ2n) is 4.71. The lowest BCUT2D eigenvalue weighted by Crippen LogP contribution is -2.51. The van der Waals surface area contributed by atoms with Crippen molar-refractivity contribution in [2.75, 3.05) is 11.9 Å².